The molecule has 0 aliphatic carbocycles. The number of aliphatic hydroxyl groups is 4. The quantitative estimate of drug-likeness (QED) is 0.151. The molecular weight excluding hydrogens is 484 g/mol. The molecule has 0 saturated carbocycles. The summed E-state index contributed by atoms with van der Waals surface area (Å²) in [6, 6.07) is 3.67. The third-order valence-corrected chi connectivity index (χ3v) is 6.37. The van der Waals surface area contributed by atoms with Crippen molar-refractivity contribution < 1.29 is 63.9 Å². The molecule has 0 radical (unpaired) electrons. The van der Waals surface area contributed by atoms with Crippen molar-refractivity contribution in [3.8, 4) is 11.5 Å². The Balaban J connectivity index is 1.47. The molecule has 8 atom stereocenters. The first-order valence-corrected chi connectivity index (χ1v) is 11.0. The molecular formula is C23H26O13. The van der Waals surface area contributed by atoms with E-state index in [1.54, 1.807) is 0 Å². The van der Waals surface area contributed by atoms with Crippen LogP contribution in [0, 0.1) is 5.92 Å². The first-order valence-electron chi connectivity index (χ1n) is 11.0. The van der Waals surface area contributed by atoms with Crippen LogP contribution in [0.4, 0.5) is 0 Å². The van der Waals surface area contributed by atoms with Gasteiger partial charge < -0.3 is 54.3 Å². The highest BCUT2D eigenvalue weighted by Gasteiger charge is 2.54. The largest absolute Gasteiger partial charge is 0.504 e. The molecule has 2 saturated heterocycles. The number of rotatable bonds is 6. The predicted octanol–water partition coefficient (Wildman–Crippen LogP) is -1.20. The number of aromatic hydroxyl groups is 2. The van der Waals surface area contributed by atoms with Crippen molar-refractivity contribution in [3.63, 3.8) is 0 Å². The number of phenolic OH excluding ortho intramolecular Hbond substituents is 2. The minimum atomic E-state index is -1.79. The van der Waals surface area contributed by atoms with Crippen LogP contribution >= 0.6 is 0 Å². The van der Waals surface area contributed by atoms with Gasteiger partial charge in [0.1, 0.15) is 47.8 Å². The van der Waals surface area contributed by atoms with Crippen LogP contribution in [-0.4, -0.2) is 98.4 Å². The number of esters is 2. The maximum atomic E-state index is 12.3. The molecule has 196 valence electrons. The van der Waals surface area contributed by atoms with E-state index in [4.69, 9.17) is 23.7 Å². The molecule has 3 aliphatic rings. The van der Waals surface area contributed by atoms with E-state index in [0.29, 0.717) is 0 Å². The van der Waals surface area contributed by atoms with E-state index in [1.807, 2.05) is 0 Å². The number of aliphatic hydroxyl groups excluding tert-OH is 3. The van der Waals surface area contributed by atoms with Gasteiger partial charge in [-0.2, -0.15) is 0 Å². The smallest absolute Gasteiger partial charge is 0.342 e. The fourth-order valence-electron chi connectivity index (χ4n) is 4.28. The molecule has 13 heteroatoms. The van der Waals surface area contributed by atoms with Gasteiger partial charge in [-0.15, -0.1) is 6.58 Å². The van der Waals surface area contributed by atoms with Gasteiger partial charge in [0.05, 0.1) is 18.8 Å². The molecule has 0 amide bonds. The average Bonchev–Trinajstić information content (AvgIpc) is 2.84. The fraction of sp³-hybridized carbons (Fsp3) is 0.478. The third-order valence-electron chi connectivity index (χ3n) is 6.37. The van der Waals surface area contributed by atoms with Crippen molar-refractivity contribution in [2.45, 2.75) is 49.0 Å². The third kappa shape index (κ3) is 4.52. The van der Waals surface area contributed by atoms with Crippen molar-refractivity contribution in [1.29, 1.82) is 0 Å². The number of hydrogen-bond acceptors (Lipinski definition) is 13. The Bertz CT molecular complexity index is 1050. The highest BCUT2D eigenvalue weighted by molar-refractivity contribution is 5.93. The summed E-state index contributed by atoms with van der Waals surface area (Å²) in [5.74, 6) is -4.06. The first-order chi connectivity index (χ1) is 17.1. The number of fused-ring (bicyclic) bond motifs is 1. The highest BCUT2D eigenvalue weighted by atomic mass is 16.8. The van der Waals surface area contributed by atoms with Gasteiger partial charge in [0.15, 0.2) is 17.8 Å². The highest BCUT2D eigenvalue weighted by Crippen LogP contribution is 2.42. The van der Waals surface area contributed by atoms with Gasteiger partial charge in [-0.05, 0) is 12.1 Å². The molecule has 3 aliphatic heterocycles. The van der Waals surface area contributed by atoms with Crippen LogP contribution in [0.25, 0.3) is 0 Å². The maximum absolute atomic E-state index is 12.3. The van der Waals surface area contributed by atoms with E-state index < -0.39 is 78.6 Å². The van der Waals surface area contributed by atoms with Crippen molar-refractivity contribution in [1.82, 2.24) is 0 Å². The van der Waals surface area contributed by atoms with Gasteiger partial charge in [0, 0.05) is 6.42 Å². The SMILES string of the molecule is C=CC1C(OC2OC(COC(=O)c3cccc(O)c3O)C(O)C(O)C2O)OC=C2C(=O)OCCC21O. The van der Waals surface area contributed by atoms with Crippen LogP contribution in [0.15, 0.2) is 42.7 Å². The normalized spacial score (nSPS) is 36.1. The molecule has 0 aromatic heterocycles. The Labute approximate surface area is 204 Å². The number of ether oxygens (including phenoxy) is 5. The summed E-state index contributed by atoms with van der Waals surface area (Å²) in [6.45, 7) is 2.97. The number of phenols is 2. The van der Waals surface area contributed by atoms with Gasteiger partial charge >= 0.3 is 11.9 Å². The van der Waals surface area contributed by atoms with E-state index >= 15 is 0 Å². The summed E-state index contributed by atoms with van der Waals surface area (Å²) in [4.78, 5) is 24.3. The second-order valence-electron chi connectivity index (χ2n) is 8.53. The van der Waals surface area contributed by atoms with E-state index in [1.165, 1.54) is 18.2 Å². The van der Waals surface area contributed by atoms with Gasteiger partial charge in [-0.25, -0.2) is 9.59 Å². The van der Waals surface area contributed by atoms with Crippen LogP contribution in [0.3, 0.4) is 0 Å². The Morgan fingerprint density at radius 3 is 2.64 bits per heavy atom. The van der Waals surface area contributed by atoms with Gasteiger partial charge in [-0.3, -0.25) is 0 Å². The molecule has 3 heterocycles. The lowest BCUT2D eigenvalue weighted by molar-refractivity contribution is -0.343. The fourth-order valence-corrected chi connectivity index (χ4v) is 4.28. The monoisotopic (exact) mass is 510 g/mol. The zero-order chi connectivity index (χ0) is 26.2. The predicted molar refractivity (Wildman–Crippen MR) is 115 cm³/mol. The molecule has 1 aromatic carbocycles. The second-order valence-corrected chi connectivity index (χ2v) is 8.53. The van der Waals surface area contributed by atoms with Crippen LogP contribution in [0.2, 0.25) is 0 Å². The van der Waals surface area contributed by atoms with E-state index in [9.17, 15) is 40.2 Å². The van der Waals surface area contributed by atoms with Crippen LogP contribution in [-0.2, 0) is 28.5 Å². The summed E-state index contributed by atoms with van der Waals surface area (Å²) in [6.07, 6.45) is -7.28. The Hall–Kier alpha value is -3.20. The molecule has 0 bridgehead atoms. The Morgan fingerprint density at radius 1 is 1.17 bits per heavy atom. The lowest BCUT2D eigenvalue weighted by Gasteiger charge is -2.46. The zero-order valence-electron chi connectivity index (χ0n) is 18.8. The van der Waals surface area contributed by atoms with Crippen molar-refractivity contribution >= 4 is 11.9 Å². The summed E-state index contributed by atoms with van der Waals surface area (Å²) >= 11 is 0. The first kappa shape index (κ1) is 25.9. The van der Waals surface area contributed by atoms with Crippen molar-refractivity contribution in [2.24, 2.45) is 5.92 Å². The molecule has 2 fully saturated rings. The molecule has 1 aromatic rings. The standard InChI is InChI=1S/C23H26O13/c1-2-11-21(34-8-12-20(30)32-7-6-23(11,12)31)36-22-18(28)17(27)16(26)14(35-22)9-33-19(29)10-4-3-5-13(24)15(10)25/h2-5,8,11,14,16-18,21-22,24-28,31H,1,6-7,9H2. The van der Waals surface area contributed by atoms with Gasteiger partial charge in [0.25, 0.3) is 0 Å². The van der Waals surface area contributed by atoms with E-state index in [0.717, 1.165) is 12.3 Å². The number of benzene rings is 1. The lowest BCUT2D eigenvalue weighted by atomic mass is 9.76. The number of carbonyl (C=O) groups is 2. The maximum Gasteiger partial charge on any atom is 0.342 e. The van der Waals surface area contributed by atoms with Crippen LogP contribution in [0.1, 0.15) is 16.8 Å². The van der Waals surface area contributed by atoms with Crippen molar-refractivity contribution in [3.05, 3.63) is 48.3 Å². The topological polar surface area (TPSA) is 202 Å². The molecule has 8 unspecified atom stereocenters. The molecule has 13 nitrogen and oxygen atoms in total. The van der Waals surface area contributed by atoms with Crippen LogP contribution < -0.4 is 0 Å². The lowest BCUT2D eigenvalue weighted by Crippen LogP contribution is -2.61. The summed E-state index contributed by atoms with van der Waals surface area (Å²) < 4.78 is 26.6. The zero-order valence-corrected chi connectivity index (χ0v) is 18.8. The second kappa shape index (κ2) is 10.0. The summed E-state index contributed by atoms with van der Waals surface area (Å²) in [5, 5.41) is 61.6. The van der Waals surface area contributed by atoms with Gasteiger partial charge in [0.2, 0.25) is 6.29 Å². The minimum Gasteiger partial charge on any atom is -0.504 e. The minimum absolute atomic E-state index is 0.0281. The average molecular weight is 510 g/mol. The molecule has 36 heavy (non-hydrogen) atoms. The van der Waals surface area contributed by atoms with Crippen molar-refractivity contribution in [2.75, 3.05) is 13.2 Å². The number of cyclic esters (lactones) is 1. The van der Waals surface area contributed by atoms with Gasteiger partial charge in [-0.1, -0.05) is 12.1 Å². The summed E-state index contributed by atoms with van der Waals surface area (Å²) in [5.41, 5.74) is -2.20. The Kier molecular flexibility index (Phi) is 7.22. The summed E-state index contributed by atoms with van der Waals surface area (Å²) in [7, 11) is 0. The van der Waals surface area contributed by atoms with Crippen LogP contribution in [0.5, 0.6) is 11.5 Å². The number of para-hydroxylation sites is 1. The molecule has 4 rings (SSSR count). The number of carbonyl (C=O) groups excluding carboxylic acids is 2. The van der Waals surface area contributed by atoms with E-state index in [2.05, 4.69) is 6.58 Å². The molecule has 0 spiro atoms. The Morgan fingerprint density at radius 2 is 1.92 bits per heavy atom. The number of hydrogen-bond donors (Lipinski definition) is 6. The van der Waals surface area contributed by atoms with E-state index in [-0.39, 0.29) is 24.2 Å². The molecule has 6 N–H and O–H groups in total.